The van der Waals surface area contributed by atoms with Crippen LogP contribution in [0.2, 0.25) is 0 Å². The Morgan fingerprint density at radius 3 is 2.94 bits per heavy atom. The van der Waals surface area contributed by atoms with Crippen molar-refractivity contribution in [2.75, 3.05) is 0 Å². The normalized spacial score (nSPS) is 12.4. The zero-order valence-electron chi connectivity index (χ0n) is 9.36. The van der Waals surface area contributed by atoms with Crippen LogP contribution in [0.25, 0.3) is 0 Å². The van der Waals surface area contributed by atoms with E-state index in [2.05, 4.69) is 26.2 Å². The number of nitrogens with one attached hydrogen (secondary N) is 1. The summed E-state index contributed by atoms with van der Waals surface area (Å²) in [4.78, 5) is 17.3. The van der Waals surface area contributed by atoms with Crippen LogP contribution in [0.4, 0.5) is 0 Å². The summed E-state index contributed by atoms with van der Waals surface area (Å²) in [7, 11) is 0. The Balaban J connectivity index is 2.07. The van der Waals surface area contributed by atoms with Crippen LogP contribution in [0, 0.1) is 6.92 Å². The standard InChI is InChI=1S/C11H11BrN2O2S/c1-6-5-13-11(17-6)7(2)14-10(15)8-3-4-16-9(8)12/h3-5,7H,1-2H3,(H,14,15). The van der Waals surface area contributed by atoms with E-state index in [9.17, 15) is 4.79 Å². The topological polar surface area (TPSA) is 55.1 Å². The minimum Gasteiger partial charge on any atom is -0.457 e. The maximum absolute atomic E-state index is 11.9. The number of aryl methyl sites for hydroxylation is 1. The molecular weight excluding hydrogens is 304 g/mol. The third-order valence-corrected chi connectivity index (χ3v) is 3.93. The lowest BCUT2D eigenvalue weighted by molar-refractivity contribution is 0.0938. The average Bonchev–Trinajstić information content (AvgIpc) is 2.86. The van der Waals surface area contributed by atoms with Crippen LogP contribution in [0.15, 0.2) is 27.6 Å². The second kappa shape index (κ2) is 5.01. The highest BCUT2D eigenvalue weighted by atomic mass is 79.9. The first-order chi connectivity index (χ1) is 8.08. The van der Waals surface area contributed by atoms with Gasteiger partial charge in [-0.3, -0.25) is 4.79 Å². The van der Waals surface area contributed by atoms with Crippen molar-refractivity contribution < 1.29 is 9.21 Å². The fraction of sp³-hybridized carbons (Fsp3) is 0.273. The smallest absolute Gasteiger partial charge is 0.256 e. The second-order valence-corrected chi connectivity index (χ2v) is 5.60. The first-order valence-corrected chi connectivity index (χ1v) is 6.65. The minimum atomic E-state index is -0.175. The highest BCUT2D eigenvalue weighted by Gasteiger charge is 2.17. The molecule has 0 aromatic carbocycles. The van der Waals surface area contributed by atoms with Crippen LogP contribution in [-0.4, -0.2) is 10.9 Å². The van der Waals surface area contributed by atoms with E-state index in [1.54, 1.807) is 23.6 Å². The average molecular weight is 315 g/mol. The molecule has 0 saturated carbocycles. The van der Waals surface area contributed by atoms with Crippen LogP contribution < -0.4 is 5.32 Å². The fourth-order valence-corrected chi connectivity index (χ4v) is 2.56. The van der Waals surface area contributed by atoms with Gasteiger partial charge in [0.2, 0.25) is 0 Å². The number of halogens is 1. The monoisotopic (exact) mass is 314 g/mol. The van der Waals surface area contributed by atoms with Crippen molar-refractivity contribution in [2.45, 2.75) is 19.9 Å². The molecule has 90 valence electrons. The molecule has 1 amide bonds. The summed E-state index contributed by atoms with van der Waals surface area (Å²) in [5.74, 6) is -0.175. The van der Waals surface area contributed by atoms with Gasteiger partial charge in [0.1, 0.15) is 5.01 Å². The second-order valence-electron chi connectivity index (χ2n) is 3.61. The van der Waals surface area contributed by atoms with Crippen molar-refractivity contribution in [3.05, 3.63) is 38.6 Å². The summed E-state index contributed by atoms with van der Waals surface area (Å²) >= 11 is 4.75. The van der Waals surface area contributed by atoms with E-state index in [4.69, 9.17) is 4.42 Å². The number of carbonyl (C=O) groups excluding carboxylic acids is 1. The number of carbonyl (C=O) groups is 1. The van der Waals surface area contributed by atoms with Gasteiger partial charge in [-0.05, 0) is 35.8 Å². The lowest BCUT2D eigenvalue weighted by Gasteiger charge is -2.10. The van der Waals surface area contributed by atoms with Crippen molar-refractivity contribution in [3.8, 4) is 0 Å². The molecule has 0 radical (unpaired) electrons. The van der Waals surface area contributed by atoms with Gasteiger partial charge < -0.3 is 9.73 Å². The molecule has 2 aromatic rings. The van der Waals surface area contributed by atoms with Crippen molar-refractivity contribution in [2.24, 2.45) is 0 Å². The highest BCUT2D eigenvalue weighted by Crippen LogP contribution is 2.21. The molecule has 0 aliphatic carbocycles. The number of furan rings is 1. The van der Waals surface area contributed by atoms with E-state index in [1.165, 1.54) is 6.26 Å². The van der Waals surface area contributed by atoms with Crippen molar-refractivity contribution in [1.29, 1.82) is 0 Å². The van der Waals surface area contributed by atoms with Crippen LogP contribution in [0.3, 0.4) is 0 Å². The summed E-state index contributed by atoms with van der Waals surface area (Å²) in [5, 5.41) is 3.77. The molecule has 0 spiro atoms. The van der Waals surface area contributed by atoms with E-state index >= 15 is 0 Å². The van der Waals surface area contributed by atoms with Crippen LogP contribution >= 0.6 is 27.3 Å². The molecule has 6 heteroatoms. The predicted molar refractivity (Wildman–Crippen MR) is 69.1 cm³/mol. The van der Waals surface area contributed by atoms with Gasteiger partial charge in [-0.15, -0.1) is 11.3 Å². The summed E-state index contributed by atoms with van der Waals surface area (Å²) in [6, 6.07) is 1.52. The molecule has 1 atom stereocenters. The van der Waals surface area contributed by atoms with E-state index in [1.807, 2.05) is 13.8 Å². The van der Waals surface area contributed by atoms with Crippen LogP contribution in [0.1, 0.15) is 33.2 Å². The molecule has 17 heavy (non-hydrogen) atoms. The Kier molecular flexibility index (Phi) is 3.63. The molecule has 1 unspecified atom stereocenters. The van der Waals surface area contributed by atoms with Crippen molar-refractivity contribution in [1.82, 2.24) is 10.3 Å². The zero-order valence-corrected chi connectivity index (χ0v) is 11.8. The molecule has 4 nitrogen and oxygen atoms in total. The third-order valence-electron chi connectivity index (χ3n) is 2.22. The first kappa shape index (κ1) is 12.3. The van der Waals surface area contributed by atoms with Crippen molar-refractivity contribution in [3.63, 3.8) is 0 Å². The SMILES string of the molecule is Cc1cnc(C(C)NC(=O)c2ccoc2Br)s1. The summed E-state index contributed by atoms with van der Waals surface area (Å²) in [6.45, 7) is 3.90. The van der Waals surface area contributed by atoms with E-state index in [0.717, 1.165) is 9.88 Å². The maximum atomic E-state index is 11.9. The number of aromatic nitrogens is 1. The molecule has 0 bridgehead atoms. The molecule has 0 fully saturated rings. The maximum Gasteiger partial charge on any atom is 0.256 e. The molecule has 0 saturated heterocycles. The largest absolute Gasteiger partial charge is 0.457 e. The number of hydrogen-bond donors (Lipinski definition) is 1. The first-order valence-electron chi connectivity index (χ1n) is 5.04. The fourth-order valence-electron chi connectivity index (χ4n) is 1.36. The minimum absolute atomic E-state index is 0.108. The van der Waals surface area contributed by atoms with Gasteiger partial charge >= 0.3 is 0 Å². The van der Waals surface area contributed by atoms with Gasteiger partial charge in [0.15, 0.2) is 4.67 Å². The van der Waals surface area contributed by atoms with E-state index in [0.29, 0.717) is 10.2 Å². The van der Waals surface area contributed by atoms with Gasteiger partial charge in [0.05, 0.1) is 17.9 Å². The quantitative estimate of drug-likeness (QED) is 0.945. The predicted octanol–water partition coefficient (Wildman–Crippen LogP) is 3.30. The summed E-state index contributed by atoms with van der Waals surface area (Å²) < 4.78 is 5.46. The number of nitrogens with zero attached hydrogens (tertiary/aromatic N) is 1. The van der Waals surface area contributed by atoms with Gasteiger partial charge in [-0.2, -0.15) is 0 Å². The van der Waals surface area contributed by atoms with E-state index in [-0.39, 0.29) is 11.9 Å². The highest BCUT2D eigenvalue weighted by molar-refractivity contribution is 9.10. The summed E-state index contributed by atoms with van der Waals surface area (Å²) in [5.41, 5.74) is 0.491. The van der Waals surface area contributed by atoms with Gasteiger partial charge in [-0.25, -0.2) is 4.98 Å². The molecule has 0 aliphatic rings. The van der Waals surface area contributed by atoms with Gasteiger partial charge in [-0.1, -0.05) is 0 Å². The molecule has 2 rings (SSSR count). The van der Waals surface area contributed by atoms with Crippen LogP contribution in [-0.2, 0) is 0 Å². The lowest BCUT2D eigenvalue weighted by Crippen LogP contribution is -2.26. The summed E-state index contributed by atoms with van der Waals surface area (Å²) in [6.07, 6.45) is 3.27. The Morgan fingerprint density at radius 1 is 1.65 bits per heavy atom. The lowest BCUT2D eigenvalue weighted by atomic mass is 10.3. The zero-order chi connectivity index (χ0) is 12.4. The molecular formula is C11H11BrN2O2S. The Labute approximate surface area is 111 Å². The van der Waals surface area contributed by atoms with E-state index < -0.39 is 0 Å². The molecule has 1 N–H and O–H groups in total. The number of amides is 1. The van der Waals surface area contributed by atoms with Crippen molar-refractivity contribution >= 4 is 33.2 Å². The third kappa shape index (κ3) is 2.76. The van der Waals surface area contributed by atoms with Gasteiger partial charge in [0.25, 0.3) is 5.91 Å². The molecule has 2 heterocycles. The molecule has 0 aliphatic heterocycles. The van der Waals surface area contributed by atoms with Crippen LogP contribution in [0.5, 0.6) is 0 Å². The Hall–Kier alpha value is -1.14. The number of thiazole rings is 1. The van der Waals surface area contributed by atoms with Gasteiger partial charge in [0, 0.05) is 11.1 Å². The number of hydrogen-bond acceptors (Lipinski definition) is 4. The molecule has 2 aromatic heterocycles. The Morgan fingerprint density at radius 2 is 2.41 bits per heavy atom. The number of rotatable bonds is 3. The Bertz CT molecular complexity index is 535.